The van der Waals surface area contributed by atoms with Crippen LogP contribution >= 0.6 is 0 Å². The van der Waals surface area contributed by atoms with Crippen LogP contribution in [0.5, 0.6) is 0 Å². The number of rotatable bonds is 4. The van der Waals surface area contributed by atoms with E-state index in [0.29, 0.717) is 0 Å². The summed E-state index contributed by atoms with van der Waals surface area (Å²) in [6, 6.07) is 0. The molecule has 0 fully saturated rings. The molecular weight excluding hydrogens is 100 g/mol. The second-order valence-electron chi connectivity index (χ2n) is 2.05. The Morgan fingerprint density at radius 1 is 1.25 bits per heavy atom. The molecule has 0 saturated heterocycles. The first-order valence-corrected chi connectivity index (χ1v) is 3.19. The minimum absolute atomic E-state index is 0.596. The van der Waals surface area contributed by atoms with E-state index >= 15 is 0 Å². The number of unbranched alkanes of at least 4 members (excludes halogenated alkanes) is 2. The summed E-state index contributed by atoms with van der Waals surface area (Å²) in [4.78, 5) is 0. The van der Waals surface area contributed by atoms with Gasteiger partial charge < -0.3 is 0 Å². The topological polar surface area (TPSA) is 47.6 Å². The Balaban J connectivity index is 2.72. The predicted octanol–water partition coefficient (Wildman–Crippen LogP) is 1.46. The summed E-state index contributed by atoms with van der Waals surface area (Å²) in [5, 5.41) is 0. The zero-order valence-electron chi connectivity index (χ0n) is 5.41. The van der Waals surface area contributed by atoms with Gasteiger partial charge >= 0.3 is 0 Å². The molecule has 48 valence electrons. The maximum atomic E-state index is 6.82. The molecule has 0 aromatic heterocycles. The fourth-order valence-corrected chi connectivity index (χ4v) is 0.598. The number of hydrogen-bond donors (Lipinski definition) is 0. The summed E-state index contributed by atoms with van der Waals surface area (Å²) in [5.41, 5.74) is 13.6. The molecule has 0 unspecified atom stereocenters. The van der Waals surface area contributed by atoms with Gasteiger partial charge in [0.25, 0.3) is 0 Å². The molecule has 0 atom stereocenters. The van der Waals surface area contributed by atoms with Gasteiger partial charge in [0.2, 0.25) is 0 Å². The molecule has 0 aliphatic carbocycles. The number of nitrogens with one attached hydrogen (secondary N) is 2. The molecule has 0 aliphatic rings. The molecule has 0 bridgehead atoms. The molecule has 2 nitrogen and oxygen atoms in total. The third-order valence-electron chi connectivity index (χ3n) is 1.10. The molecule has 0 aromatic carbocycles. The highest BCUT2D eigenvalue weighted by molar-refractivity contribution is 4.48. The van der Waals surface area contributed by atoms with E-state index in [2.05, 4.69) is 6.92 Å². The van der Waals surface area contributed by atoms with Crippen molar-refractivity contribution in [3.8, 4) is 0 Å². The minimum atomic E-state index is -0.596. The van der Waals surface area contributed by atoms with Crippen LogP contribution in [0, 0.1) is 0 Å². The van der Waals surface area contributed by atoms with E-state index in [1.807, 2.05) is 0 Å². The Morgan fingerprint density at radius 3 is 2.25 bits per heavy atom. The lowest BCUT2D eigenvalue weighted by atomic mass is 10.2. The van der Waals surface area contributed by atoms with Crippen LogP contribution < -0.4 is 11.5 Å². The van der Waals surface area contributed by atoms with Crippen LogP contribution in [-0.4, -0.2) is 6.17 Å². The highest BCUT2D eigenvalue weighted by Gasteiger charge is 1.92. The van der Waals surface area contributed by atoms with Crippen molar-refractivity contribution in [2.24, 2.45) is 0 Å². The highest BCUT2D eigenvalue weighted by Crippen LogP contribution is 1.99. The fraction of sp³-hybridized carbons (Fsp3) is 1.00. The van der Waals surface area contributed by atoms with Crippen molar-refractivity contribution in [1.82, 2.24) is 11.5 Å². The van der Waals surface area contributed by atoms with Gasteiger partial charge in [-0.3, -0.25) is 0 Å². The third kappa shape index (κ3) is 5.92. The molecule has 2 radical (unpaired) electrons. The second kappa shape index (κ2) is 5.06. The van der Waals surface area contributed by atoms with Crippen LogP contribution in [0.1, 0.15) is 32.6 Å². The Labute approximate surface area is 51.2 Å². The molecule has 2 heteroatoms. The van der Waals surface area contributed by atoms with Crippen LogP contribution in [0.15, 0.2) is 0 Å². The van der Waals surface area contributed by atoms with Gasteiger partial charge in [-0.2, -0.15) is 0 Å². The first-order valence-electron chi connectivity index (χ1n) is 3.19. The Hall–Kier alpha value is -0.0800. The SMILES string of the molecule is CCCCCC([NH])[NH]. The molecule has 0 rings (SSSR count). The summed E-state index contributed by atoms with van der Waals surface area (Å²) in [7, 11) is 0. The smallest absolute Gasteiger partial charge is 0.0833 e. The van der Waals surface area contributed by atoms with Crippen molar-refractivity contribution in [2.75, 3.05) is 0 Å². The summed E-state index contributed by atoms with van der Waals surface area (Å²) in [6.45, 7) is 2.13. The molecule has 0 heterocycles. The molecular formula is C6H14N2. The van der Waals surface area contributed by atoms with Crippen LogP contribution in [0.2, 0.25) is 0 Å². The second-order valence-corrected chi connectivity index (χ2v) is 2.05. The average molecular weight is 114 g/mol. The van der Waals surface area contributed by atoms with E-state index in [-0.39, 0.29) is 0 Å². The van der Waals surface area contributed by atoms with Crippen LogP contribution in [0.25, 0.3) is 0 Å². The van der Waals surface area contributed by atoms with Gasteiger partial charge in [-0.05, 0) is 6.42 Å². The lowest BCUT2D eigenvalue weighted by Gasteiger charge is -1.99. The molecule has 0 spiro atoms. The van der Waals surface area contributed by atoms with Gasteiger partial charge in [0.1, 0.15) is 0 Å². The van der Waals surface area contributed by atoms with Crippen molar-refractivity contribution in [1.29, 1.82) is 0 Å². The van der Waals surface area contributed by atoms with E-state index in [1.54, 1.807) is 0 Å². The van der Waals surface area contributed by atoms with Crippen molar-refractivity contribution in [3.63, 3.8) is 0 Å². The zero-order chi connectivity index (χ0) is 6.41. The molecule has 2 N–H and O–H groups in total. The molecule has 0 aromatic rings. The van der Waals surface area contributed by atoms with Crippen LogP contribution in [0.4, 0.5) is 0 Å². The zero-order valence-corrected chi connectivity index (χ0v) is 5.41. The highest BCUT2D eigenvalue weighted by atomic mass is 14.8. The lowest BCUT2D eigenvalue weighted by molar-refractivity contribution is 0.551. The summed E-state index contributed by atoms with van der Waals surface area (Å²) >= 11 is 0. The maximum Gasteiger partial charge on any atom is 0.0833 e. The van der Waals surface area contributed by atoms with E-state index < -0.39 is 6.17 Å². The molecule has 0 saturated carbocycles. The normalized spacial score (nSPS) is 10.5. The van der Waals surface area contributed by atoms with Crippen molar-refractivity contribution >= 4 is 0 Å². The molecule has 0 aliphatic heterocycles. The first kappa shape index (κ1) is 7.92. The maximum absolute atomic E-state index is 6.82. The Kier molecular flexibility index (Phi) is 5.01. The standard InChI is InChI=1S/C6H14N2/c1-2-3-4-5-6(7)8/h6-8H,2-5H2,1H3. The van der Waals surface area contributed by atoms with Gasteiger partial charge in [0, 0.05) is 0 Å². The van der Waals surface area contributed by atoms with Crippen molar-refractivity contribution in [3.05, 3.63) is 0 Å². The average Bonchev–Trinajstić information content (AvgIpc) is 1.66. The van der Waals surface area contributed by atoms with Gasteiger partial charge in [-0.15, -0.1) is 0 Å². The monoisotopic (exact) mass is 114 g/mol. The summed E-state index contributed by atoms with van der Waals surface area (Å²) in [6.07, 6.45) is 3.56. The van der Waals surface area contributed by atoms with Crippen LogP contribution in [0.3, 0.4) is 0 Å². The predicted molar refractivity (Wildman–Crippen MR) is 34.1 cm³/mol. The van der Waals surface area contributed by atoms with E-state index in [4.69, 9.17) is 11.5 Å². The molecule has 8 heavy (non-hydrogen) atoms. The van der Waals surface area contributed by atoms with Crippen molar-refractivity contribution in [2.45, 2.75) is 38.8 Å². The van der Waals surface area contributed by atoms with E-state index in [1.165, 1.54) is 12.8 Å². The fourth-order valence-electron chi connectivity index (χ4n) is 0.598. The van der Waals surface area contributed by atoms with Gasteiger partial charge in [-0.1, -0.05) is 26.2 Å². The van der Waals surface area contributed by atoms with E-state index in [0.717, 1.165) is 12.8 Å². The van der Waals surface area contributed by atoms with Crippen LogP contribution in [-0.2, 0) is 0 Å². The number of hydrogen-bond acceptors (Lipinski definition) is 0. The minimum Gasteiger partial charge on any atom is -0.238 e. The Morgan fingerprint density at radius 2 is 1.88 bits per heavy atom. The van der Waals surface area contributed by atoms with Crippen molar-refractivity contribution < 1.29 is 0 Å². The first-order chi connectivity index (χ1) is 3.77. The largest absolute Gasteiger partial charge is 0.238 e. The van der Waals surface area contributed by atoms with Gasteiger partial charge in [-0.25, -0.2) is 11.5 Å². The van der Waals surface area contributed by atoms with Gasteiger partial charge in [0.15, 0.2) is 0 Å². The summed E-state index contributed by atoms with van der Waals surface area (Å²) in [5.74, 6) is 0. The molecule has 0 amide bonds. The quantitative estimate of drug-likeness (QED) is 0.497. The lowest BCUT2D eigenvalue weighted by Crippen LogP contribution is -2.08. The Bertz CT molecular complexity index is 43.8. The third-order valence-corrected chi connectivity index (χ3v) is 1.10. The van der Waals surface area contributed by atoms with E-state index in [9.17, 15) is 0 Å². The van der Waals surface area contributed by atoms with Gasteiger partial charge in [0.05, 0.1) is 6.17 Å². The summed E-state index contributed by atoms with van der Waals surface area (Å²) < 4.78 is 0.